The van der Waals surface area contributed by atoms with Crippen molar-refractivity contribution in [3.8, 4) is 5.75 Å². The highest BCUT2D eigenvalue weighted by molar-refractivity contribution is 6.32. The number of likely N-dealkylation sites (N-methyl/N-ethyl adjacent to an activating group) is 1. The molecule has 34 heavy (non-hydrogen) atoms. The zero-order valence-electron chi connectivity index (χ0n) is 20.1. The van der Waals surface area contributed by atoms with Crippen molar-refractivity contribution in [1.29, 1.82) is 0 Å². The smallest absolute Gasteiger partial charge is 0.137 e. The Bertz CT molecular complexity index is 854. The van der Waals surface area contributed by atoms with Gasteiger partial charge in [0.2, 0.25) is 0 Å². The van der Waals surface area contributed by atoms with E-state index in [1.165, 1.54) is 12.0 Å². The molecule has 1 N–H and O–H groups in total. The Labute approximate surface area is 222 Å². The second-order valence-electron chi connectivity index (χ2n) is 9.59. The van der Waals surface area contributed by atoms with Crippen LogP contribution in [-0.4, -0.2) is 66.9 Å². The lowest BCUT2D eigenvalue weighted by molar-refractivity contribution is -0.0337. The lowest BCUT2D eigenvalue weighted by atomic mass is 9.72. The highest BCUT2D eigenvalue weighted by atomic mass is 35.5. The highest BCUT2D eigenvalue weighted by Crippen LogP contribution is 2.42. The van der Waals surface area contributed by atoms with Gasteiger partial charge >= 0.3 is 0 Å². The minimum Gasteiger partial charge on any atom is -0.492 e. The average Bonchev–Trinajstić information content (AvgIpc) is 2.81. The van der Waals surface area contributed by atoms with E-state index < -0.39 is 5.60 Å². The topological polar surface area (TPSA) is 35.9 Å². The van der Waals surface area contributed by atoms with Gasteiger partial charge in [0.25, 0.3) is 0 Å². The molecule has 1 unspecified atom stereocenters. The SMILES string of the molecule is CN1CCN(CC(c2ccc(OCCc3ccccc3)c(Cl)c2)C2(O)CCCCC2)CC1.Cl.Cl. The normalized spacial score (nSPS) is 19.5. The quantitative estimate of drug-likeness (QED) is 0.467. The summed E-state index contributed by atoms with van der Waals surface area (Å²) in [5, 5.41) is 12.3. The molecule has 7 heteroatoms. The van der Waals surface area contributed by atoms with Gasteiger partial charge in [-0.05, 0) is 43.1 Å². The molecule has 2 fully saturated rings. The van der Waals surface area contributed by atoms with Crippen molar-refractivity contribution in [1.82, 2.24) is 9.80 Å². The van der Waals surface area contributed by atoms with E-state index in [1.54, 1.807) is 0 Å². The van der Waals surface area contributed by atoms with Crippen LogP contribution in [0.1, 0.15) is 49.1 Å². The fourth-order valence-corrected chi connectivity index (χ4v) is 5.40. The summed E-state index contributed by atoms with van der Waals surface area (Å²) in [6.45, 7) is 5.75. The third-order valence-electron chi connectivity index (χ3n) is 7.25. The first-order chi connectivity index (χ1) is 15.5. The zero-order chi connectivity index (χ0) is 22.4. The van der Waals surface area contributed by atoms with Gasteiger partial charge in [-0.3, -0.25) is 0 Å². The van der Waals surface area contributed by atoms with E-state index in [0.29, 0.717) is 11.6 Å². The third-order valence-corrected chi connectivity index (χ3v) is 7.55. The maximum atomic E-state index is 11.7. The molecule has 4 nitrogen and oxygen atoms in total. The summed E-state index contributed by atoms with van der Waals surface area (Å²) in [5.74, 6) is 0.794. The minimum atomic E-state index is -0.652. The van der Waals surface area contributed by atoms with Crippen molar-refractivity contribution >= 4 is 36.4 Å². The van der Waals surface area contributed by atoms with Crippen molar-refractivity contribution in [2.75, 3.05) is 46.4 Å². The van der Waals surface area contributed by atoms with E-state index in [-0.39, 0.29) is 30.7 Å². The van der Waals surface area contributed by atoms with Gasteiger partial charge in [-0.1, -0.05) is 67.3 Å². The van der Waals surface area contributed by atoms with Gasteiger partial charge in [0.05, 0.1) is 17.2 Å². The summed E-state index contributed by atoms with van der Waals surface area (Å²) >= 11 is 6.67. The van der Waals surface area contributed by atoms with Crippen LogP contribution in [0.15, 0.2) is 48.5 Å². The molecule has 1 saturated heterocycles. The fourth-order valence-electron chi connectivity index (χ4n) is 5.16. The van der Waals surface area contributed by atoms with Crippen LogP contribution in [0.4, 0.5) is 0 Å². The Balaban J connectivity index is 0.00000204. The van der Waals surface area contributed by atoms with Crippen LogP contribution in [0.3, 0.4) is 0 Å². The van der Waals surface area contributed by atoms with Gasteiger partial charge in [0.15, 0.2) is 0 Å². The number of piperazine rings is 1. The molecule has 0 amide bonds. The number of aliphatic hydroxyl groups is 1. The Kier molecular flexibility index (Phi) is 12.0. The van der Waals surface area contributed by atoms with Crippen LogP contribution >= 0.6 is 36.4 Å². The summed E-state index contributed by atoms with van der Waals surface area (Å²) in [7, 11) is 2.18. The molecule has 2 aromatic rings. The lowest BCUT2D eigenvalue weighted by Gasteiger charge is -2.43. The predicted octanol–water partition coefficient (Wildman–Crippen LogP) is 5.83. The molecular weight excluding hydrogens is 491 g/mol. The highest BCUT2D eigenvalue weighted by Gasteiger charge is 2.40. The molecule has 1 aliphatic carbocycles. The van der Waals surface area contributed by atoms with Crippen molar-refractivity contribution in [3.63, 3.8) is 0 Å². The fraction of sp³-hybridized carbons (Fsp3) is 0.556. The van der Waals surface area contributed by atoms with E-state index in [2.05, 4.69) is 35.0 Å². The Hall–Kier alpha value is -1.01. The summed E-state index contributed by atoms with van der Waals surface area (Å²) in [5.41, 5.74) is 1.74. The summed E-state index contributed by atoms with van der Waals surface area (Å²) in [6.07, 6.45) is 6.02. The second-order valence-corrected chi connectivity index (χ2v) is 10.0. The van der Waals surface area contributed by atoms with Crippen molar-refractivity contribution in [3.05, 3.63) is 64.7 Å². The van der Waals surface area contributed by atoms with Crippen molar-refractivity contribution < 1.29 is 9.84 Å². The average molecular weight is 530 g/mol. The van der Waals surface area contributed by atoms with Gasteiger partial charge in [-0.15, -0.1) is 24.8 Å². The van der Waals surface area contributed by atoms with E-state index in [0.717, 1.165) is 76.1 Å². The van der Waals surface area contributed by atoms with Gasteiger partial charge in [-0.2, -0.15) is 0 Å². The van der Waals surface area contributed by atoms with Gasteiger partial charge in [0.1, 0.15) is 5.75 Å². The summed E-state index contributed by atoms with van der Waals surface area (Å²) in [4.78, 5) is 4.88. The first-order valence-corrected chi connectivity index (χ1v) is 12.5. The van der Waals surface area contributed by atoms with E-state index in [4.69, 9.17) is 16.3 Å². The Morgan fingerprint density at radius 1 is 0.971 bits per heavy atom. The molecular formula is C27H39Cl3N2O2. The molecule has 1 atom stereocenters. The van der Waals surface area contributed by atoms with Crippen LogP contribution in [0.5, 0.6) is 5.75 Å². The molecule has 1 aliphatic heterocycles. The molecule has 0 bridgehead atoms. The predicted molar refractivity (Wildman–Crippen MR) is 146 cm³/mol. The molecule has 1 saturated carbocycles. The number of ether oxygens (including phenoxy) is 1. The van der Waals surface area contributed by atoms with Crippen LogP contribution in [0.2, 0.25) is 5.02 Å². The second kappa shape index (κ2) is 13.9. The molecule has 1 heterocycles. The largest absolute Gasteiger partial charge is 0.492 e. The molecule has 2 aromatic carbocycles. The molecule has 190 valence electrons. The molecule has 4 rings (SSSR count). The summed E-state index contributed by atoms with van der Waals surface area (Å²) < 4.78 is 6.00. The number of benzene rings is 2. The van der Waals surface area contributed by atoms with Crippen molar-refractivity contribution in [2.24, 2.45) is 0 Å². The van der Waals surface area contributed by atoms with Crippen LogP contribution in [0, 0.1) is 0 Å². The molecule has 0 radical (unpaired) electrons. The first-order valence-electron chi connectivity index (χ1n) is 12.1. The minimum absolute atomic E-state index is 0. The Morgan fingerprint density at radius 3 is 2.29 bits per heavy atom. The zero-order valence-corrected chi connectivity index (χ0v) is 22.5. The first kappa shape index (κ1) is 29.2. The number of hydrogen-bond donors (Lipinski definition) is 1. The third kappa shape index (κ3) is 7.74. The number of rotatable bonds is 8. The van der Waals surface area contributed by atoms with Gasteiger partial charge in [-0.25, -0.2) is 0 Å². The lowest BCUT2D eigenvalue weighted by Crippen LogP contribution is -2.50. The number of nitrogens with zero attached hydrogens (tertiary/aromatic N) is 2. The molecule has 0 spiro atoms. The van der Waals surface area contributed by atoms with Crippen LogP contribution in [0.25, 0.3) is 0 Å². The van der Waals surface area contributed by atoms with Gasteiger partial charge < -0.3 is 19.6 Å². The van der Waals surface area contributed by atoms with Crippen LogP contribution < -0.4 is 4.74 Å². The Morgan fingerprint density at radius 2 is 1.65 bits per heavy atom. The molecule has 2 aliphatic rings. The number of halogens is 3. The maximum Gasteiger partial charge on any atom is 0.137 e. The van der Waals surface area contributed by atoms with E-state index in [1.807, 2.05) is 30.3 Å². The molecule has 0 aromatic heterocycles. The van der Waals surface area contributed by atoms with Gasteiger partial charge in [0, 0.05) is 45.1 Å². The van der Waals surface area contributed by atoms with Crippen molar-refractivity contribution in [2.45, 2.75) is 50.0 Å². The van der Waals surface area contributed by atoms with E-state index in [9.17, 15) is 5.11 Å². The standard InChI is InChI=1S/C27H37ClN2O2.2ClH/c1-29-15-17-30(18-16-29)21-24(27(31)13-6-3-7-14-27)23-10-11-26(25(28)20-23)32-19-12-22-8-4-2-5-9-22;;/h2,4-5,8-11,20,24,31H,3,6-7,12-19,21H2,1H3;2*1H. The maximum absolute atomic E-state index is 11.7. The van der Waals surface area contributed by atoms with Crippen LogP contribution in [-0.2, 0) is 6.42 Å². The number of hydrogen-bond acceptors (Lipinski definition) is 4. The summed E-state index contributed by atoms with van der Waals surface area (Å²) in [6, 6.07) is 16.5. The van der Waals surface area contributed by atoms with E-state index >= 15 is 0 Å². The monoisotopic (exact) mass is 528 g/mol.